The summed E-state index contributed by atoms with van der Waals surface area (Å²) in [6.07, 6.45) is 2.65. The fourth-order valence-electron chi connectivity index (χ4n) is 1.67. The molecule has 1 rings (SSSR count). The fraction of sp³-hybridized carbons (Fsp3) is 0.462. The predicted octanol–water partition coefficient (Wildman–Crippen LogP) is 2.79. The Morgan fingerprint density at radius 3 is 2.50 bits per heavy atom. The minimum Gasteiger partial charge on any atom is -0.399 e. The van der Waals surface area contributed by atoms with Crippen molar-refractivity contribution in [2.75, 3.05) is 23.7 Å². The van der Waals surface area contributed by atoms with E-state index in [2.05, 4.69) is 17.9 Å². The number of hydrogen-bond donors (Lipinski definition) is 1. The van der Waals surface area contributed by atoms with Gasteiger partial charge in [0.25, 0.3) is 0 Å². The molecule has 0 fully saturated rings. The minimum atomic E-state index is 0.620. The van der Waals surface area contributed by atoms with Gasteiger partial charge in [-0.05, 0) is 37.1 Å². The lowest BCUT2D eigenvalue weighted by Gasteiger charge is -2.24. The van der Waals surface area contributed by atoms with E-state index in [-0.39, 0.29) is 0 Å². The average molecular weight is 217 g/mol. The third kappa shape index (κ3) is 3.82. The molecule has 0 atom stereocenters. The van der Waals surface area contributed by atoms with Crippen LogP contribution >= 0.6 is 0 Å². The Labute approximate surface area is 97.5 Å². The van der Waals surface area contributed by atoms with Gasteiger partial charge in [0, 0.05) is 30.9 Å². The molecule has 86 valence electrons. The van der Waals surface area contributed by atoms with E-state index < -0.39 is 0 Å². The van der Waals surface area contributed by atoms with Crippen molar-refractivity contribution in [2.24, 2.45) is 0 Å². The van der Waals surface area contributed by atoms with Crippen LogP contribution in [0.25, 0.3) is 0 Å². The van der Waals surface area contributed by atoms with Crippen molar-refractivity contribution in [3.05, 3.63) is 24.3 Å². The second-order valence-corrected chi connectivity index (χ2v) is 3.84. The van der Waals surface area contributed by atoms with Gasteiger partial charge in [-0.15, -0.1) is 0 Å². The lowest BCUT2D eigenvalue weighted by molar-refractivity contribution is 0.724. The molecule has 3 heteroatoms. The van der Waals surface area contributed by atoms with E-state index in [4.69, 9.17) is 11.0 Å². The Morgan fingerprint density at radius 1 is 1.25 bits per heavy atom. The summed E-state index contributed by atoms with van der Waals surface area (Å²) in [7, 11) is 0. The van der Waals surface area contributed by atoms with E-state index >= 15 is 0 Å². The number of nitrogens with zero attached hydrogens (tertiary/aromatic N) is 2. The smallest absolute Gasteiger partial charge is 0.0622 e. The Kier molecular flexibility index (Phi) is 5.21. The molecular formula is C13H19N3. The Balaban J connectivity index is 2.62. The molecule has 0 aromatic heterocycles. The number of anilines is 2. The second-order valence-electron chi connectivity index (χ2n) is 3.84. The third-order valence-corrected chi connectivity index (χ3v) is 2.47. The van der Waals surface area contributed by atoms with Crippen LogP contribution in [0.1, 0.15) is 26.2 Å². The number of rotatable bonds is 6. The van der Waals surface area contributed by atoms with Gasteiger partial charge in [-0.2, -0.15) is 5.26 Å². The van der Waals surface area contributed by atoms with Gasteiger partial charge in [-0.1, -0.05) is 6.92 Å². The predicted molar refractivity (Wildman–Crippen MR) is 68.2 cm³/mol. The lowest BCUT2D eigenvalue weighted by atomic mass is 10.2. The highest BCUT2D eigenvalue weighted by atomic mass is 15.1. The molecular weight excluding hydrogens is 198 g/mol. The molecule has 0 spiro atoms. The van der Waals surface area contributed by atoms with Crippen molar-refractivity contribution in [3.63, 3.8) is 0 Å². The van der Waals surface area contributed by atoms with Crippen molar-refractivity contribution < 1.29 is 0 Å². The highest BCUT2D eigenvalue weighted by Gasteiger charge is 2.04. The maximum absolute atomic E-state index is 8.53. The molecule has 0 saturated carbocycles. The monoisotopic (exact) mass is 217 g/mol. The number of nitriles is 1. The Morgan fingerprint density at radius 2 is 1.94 bits per heavy atom. The molecule has 0 bridgehead atoms. The van der Waals surface area contributed by atoms with Crippen LogP contribution in [-0.4, -0.2) is 13.1 Å². The van der Waals surface area contributed by atoms with Crippen molar-refractivity contribution in [1.82, 2.24) is 0 Å². The van der Waals surface area contributed by atoms with Crippen molar-refractivity contribution in [3.8, 4) is 6.07 Å². The summed E-state index contributed by atoms with van der Waals surface area (Å²) in [5, 5.41) is 8.53. The first-order chi connectivity index (χ1) is 7.77. The van der Waals surface area contributed by atoms with Gasteiger partial charge in [0.1, 0.15) is 0 Å². The third-order valence-electron chi connectivity index (χ3n) is 2.47. The van der Waals surface area contributed by atoms with E-state index in [0.717, 1.165) is 31.6 Å². The normalized spacial score (nSPS) is 9.75. The Bertz CT molecular complexity index is 337. The molecule has 0 heterocycles. The number of nitrogen functional groups attached to an aromatic ring is 1. The molecule has 0 unspecified atom stereocenters. The lowest BCUT2D eigenvalue weighted by Crippen LogP contribution is -2.25. The summed E-state index contributed by atoms with van der Waals surface area (Å²) in [5.41, 5.74) is 7.64. The molecule has 1 aromatic rings. The van der Waals surface area contributed by atoms with Crippen molar-refractivity contribution in [2.45, 2.75) is 26.2 Å². The van der Waals surface area contributed by atoms with Crippen LogP contribution in [0.15, 0.2) is 24.3 Å². The molecule has 2 N–H and O–H groups in total. The molecule has 0 aliphatic heterocycles. The maximum atomic E-state index is 8.53. The van der Waals surface area contributed by atoms with Gasteiger partial charge in [0.05, 0.1) is 6.07 Å². The van der Waals surface area contributed by atoms with Gasteiger partial charge in [-0.3, -0.25) is 0 Å². The molecule has 0 radical (unpaired) electrons. The summed E-state index contributed by atoms with van der Waals surface area (Å²) in [4.78, 5) is 2.30. The van der Waals surface area contributed by atoms with Crippen LogP contribution in [0.4, 0.5) is 11.4 Å². The van der Waals surface area contributed by atoms with E-state index in [1.807, 2.05) is 24.3 Å². The molecule has 16 heavy (non-hydrogen) atoms. The highest BCUT2D eigenvalue weighted by Crippen LogP contribution is 2.17. The van der Waals surface area contributed by atoms with Crippen molar-refractivity contribution in [1.29, 1.82) is 5.26 Å². The number of hydrogen-bond acceptors (Lipinski definition) is 3. The van der Waals surface area contributed by atoms with Gasteiger partial charge in [0.15, 0.2) is 0 Å². The maximum Gasteiger partial charge on any atom is 0.0622 e. The molecule has 0 amide bonds. The summed E-state index contributed by atoms with van der Waals surface area (Å²) in [5.74, 6) is 0. The first-order valence-corrected chi connectivity index (χ1v) is 5.75. The highest BCUT2D eigenvalue weighted by molar-refractivity contribution is 5.53. The van der Waals surface area contributed by atoms with E-state index in [1.54, 1.807) is 0 Å². The quantitative estimate of drug-likeness (QED) is 0.589. The van der Waals surface area contributed by atoms with Crippen LogP contribution in [0.5, 0.6) is 0 Å². The first kappa shape index (κ1) is 12.4. The summed E-state index contributed by atoms with van der Waals surface area (Å²) < 4.78 is 0. The zero-order chi connectivity index (χ0) is 11.8. The summed E-state index contributed by atoms with van der Waals surface area (Å²) in [6.45, 7) is 4.12. The zero-order valence-corrected chi connectivity index (χ0v) is 9.82. The van der Waals surface area contributed by atoms with Crippen LogP contribution < -0.4 is 10.6 Å². The average Bonchev–Trinajstić information content (AvgIpc) is 2.29. The Hall–Kier alpha value is -1.69. The van der Waals surface area contributed by atoms with Gasteiger partial charge < -0.3 is 10.6 Å². The summed E-state index contributed by atoms with van der Waals surface area (Å²) >= 11 is 0. The van der Waals surface area contributed by atoms with Crippen LogP contribution in [-0.2, 0) is 0 Å². The number of benzene rings is 1. The molecule has 0 aliphatic carbocycles. The molecule has 3 nitrogen and oxygen atoms in total. The first-order valence-electron chi connectivity index (χ1n) is 5.75. The van der Waals surface area contributed by atoms with E-state index in [1.165, 1.54) is 5.69 Å². The SMILES string of the molecule is CCCN(CCCC#N)c1ccc(N)cc1. The van der Waals surface area contributed by atoms with Crippen LogP contribution in [0.3, 0.4) is 0 Å². The van der Waals surface area contributed by atoms with Crippen LogP contribution in [0, 0.1) is 11.3 Å². The fourth-order valence-corrected chi connectivity index (χ4v) is 1.67. The number of nitrogens with two attached hydrogens (primary N) is 1. The van der Waals surface area contributed by atoms with Crippen LogP contribution in [0.2, 0.25) is 0 Å². The number of unbranched alkanes of at least 4 members (excludes halogenated alkanes) is 1. The van der Waals surface area contributed by atoms with E-state index in [0.29, 0.717) is 6.42 Å². The standard InChI is InChI=1S/C13H19N3/c1-2-10-16(11-4-3-9-14)13-7-5-12(15)6-8-13/h5-8H,2-4,10-11,15H2,1H3. The minimum absolute atomic E-state index is 0.620. The zero-order valence-electron chi connectivity index (χ0n) is 9.82. The molecule has 0 aliphatic rings. The molecule has 1 aromatic carbocycles. The second kappa shape index (κ2) is 6.73. The van der Waals surface area contributed by atoms with E-state index in [9.17, 15) is 0 Å². The van der Waals surface area contributed by atoms with Gasteiger partial charge >= 0.3 is 0 Å². The largest absolute Gasteiger partial charge is 0.399 e. The van der Waals surface area contributed by atoms with Crippen molar-refractivity contribution >= 4 is 11.4 Å². The van der Waals surface area contributed by atoms with Gasteiger partial charge in [-0.25, -0.2) is 0 Å². The topological polar surface area (TPSA) is 53.0 Å². The summed E-state index contributed by atoms with van der Waals surface area (Å²) in [6, 6.07) is 10.1. The molecule has 0 saturated heterocycles. The van der Waals surface area contributed by atoms with Gasteiger partial charge in [0.2, 0.25) is 0 Å².